The standard InChI is InChI=1S/C14H24FN3/c1-3-8-18-11-12(10-17-18)14(2,15)9-13-6-4-5-7-16-13/h10-11,13,16H,3-9H2,1-2H3. The van der Waals surface area contributed by atoms with Crippen LogP contribution in [0.1, 0.15) is 51.5 Å². The van der Waals surface area contributed by atoms with Gasteiger partial charge in [-0.1, -0.05) is 13.3 Å². The fourth-order valence-electron chi connectivity index (χ4n) is 2.66. The summed E-state index contributed by atoms with van der Waals surface area (Å²) >= 11 is 0. The summed E-state index contributed by atoms with van der Waals surface area (Å²) in [7, 11) is 0. The van der Waals surface area contributed by atoms with Gasteiger partial charge in [-0.15, -0.1) is 0 Å². The largest absolute Gasteiger partial charge is 0.314 e. The highest BCUT2D eigenvalue weighted by molar-refractivity contribution is 5.15. The molecule has 1 N–H and O–H groups in total. The zero-order valence-electron chi connectivity index (χ0n) is 11.5. The Labute approximate surface area is 109 Å². The van der Waals surface area contributed by atoms with Crippen LogP contribution in [0.25, 0.3) is 0 Å². The molecule has 18 heavy (non-hydrogen) atoms. The van der Waals surface area contributed by atoms with Gasteiger partial charge in [-0.3, -0.25) is 4.68 Å². The zero-order chi connectivity index (χ0) is 13.0. The molecule has 1 aliphatic rings. The van der Waals surface area contributed by atoms with Gasteiger partial charge in [0.2, 0.25) is 0 Å². The zero-order valence-corrected chi connectivity index (χ0v) is 11.5. The molecule has 102 valence electrons. The highest BCUT2D eigenvalue weighted by Gasteiger charge is 2.31. The predicted octanol–water partition coefficient (Wildman–Crippen LogP) is 3.01. The molecule has 2 rings (SSSR count). The van der Waals surface area contributed by atoms with Crippen molar-refractivity contribution in [3.8, 4) is 0 Å². The van der Waals surface area contributed by atoms with Crippen molar-refractivity contribution in [3.63, 3.8) is 0 Å². The lowest BCUT2D eigenvalue weighted by Crippen LogP contribution is -2.38. The highest BCUT2D eigenvalue weighted by atomic mass is 19.1. The molecule has 0 saturated carbocycles. The summed E-state index contributed by atoms with van der Waals surface area (Å²) in [5, 5.41) is 7.63. The minimum absolute atomic E-state index is 0.309. The molecule has 0 spiro atoms. The lowest BCUT2D eigenvalue weighted by molar-refractivity contribution is 0.146. The van der Waals surface area contributed by atoms with Crippen LogP contribution in [0.4, 0.5) is 4.39 Å². The van der Waals surface area contributed by atoms with Crippen LogP contribution >= 0.6 is 0 Å². The predicted molar refractivity (Wildman–Crippen MR) is 71.2 cm³/mol. The molecule has 1 saturated heterocycles. The number of rotatable bonds is 5. The van der Waals surface area contributed by atoms with Crippen molar-refractivity contribution >= 4 is 0 Å². The third-order valence-corrected chi connectivity index (χ3v) is 3.73. The molecule has 0 bridgehead atoms. The Morgan fingerprint density at radius 1 is 1.56 bits per heavy atom. The van der Waals surface area contributed by atoms with Crippen LogP contribution in [0, 0.1) is 0 Å². The molecule has 0 amide bonds. The van der Waals surface area contributed by atoms with Gasteiger partial charge in [0.05, 0.1) is 6.20 Å². The average Bonchev–Trinajstić information content (AvgIpc) is 2.80. The van der Waals surface area contributed by atoms with Crippen LogP contribution in [-0.2, 0) is 12.2 Å². The van der Waals surface area contributed by atoms with Crippen molar-refractivity contribution < 1.29 is 4.39 Å². The average molecular weight is 253 g/mol. The Morgan fingerprint density at radius 2 is 2.39 bits per heavy atom. The lowest BCUT2D eigenvalue weighted by atomic mass is 9.89. The van der Waals surface area contributed by atoms with E-state index in [2.05, 4.69) is 17.3 Å². The van der Waals surface area contributed by atoms with Crippen LogP contribution in [0.15, 0.2) is 12.4 Å². The number of hydrogen-bond donors (Lipinski definition) is 1. The number of halogens is 1. The molecule has 3 nitrogen and oxygen atoms in total. The van der Waals surface area contributed by atoms with Crippen LogP contribution in [0.5, 0.6) is 0 Å². The van der Waals surface area contributed by atoms with Gasteiger partial charge in [-0.05, 0) is 32.7 Å². The summed E-state index contributed by atoms with van der Waals surface area (Å²) in [6.07, 6.45) is 8.61. The molecule has 2 atom stereocenters. The van der Waals surface area contributed by atoms with Gasteiger partial charge in [0.1, 0.15) is 5.67 Å². The third kappa shape index (κ3) is 3.31. The number of nitrogens with zero attached hydrogens (tertiary/aromatic N) is 2. The topological polar surface area (TPSA) is 29.9 Å². The summed E-state index contributed by atoms with van der Waals surface area (Å²) < 4.78 is 16.6. The van der Waals surface area contributed by atoms with E-state index in [1.54, 1.807) is 13.1 Å². The molecule has 0 aromatic carbocycles. The molecule has 2 unspecified atom stereocenters. The SMILES string of the molecule is CCCn1cc(C(C)(F)CC2CCCCN2)cn1. The van der Waals surface area contributed by atoms with Gasteiger partial charge in [-0.2, -0.15) is 5.10 Å². The van der Waals surface area contributed by atoms with Gasteiger partial charge >= 0.3 is 0 Å². The molecule has 4 heteroatoms. The molecule has 1 aromatic heterocycles. The van der Waals surface area contributed by atoms with Crippen molar-refractivity contribution in [2.75, 3.05) is 6.54 Å². The van der Waals surface area contributed by atoms with E-state index in [-0.39, 0.29) is 0 Å². The number of aromatic nitrogens is 2. The van der Waals surface area contributed by atoms with E-state index in [0.29, 0.717) is 18.0 Å². The first-order valence-electron chi connectivity index (χ1n) is 7.07. The highest BCUT2D eigenvalue weighted by Crippen LogP contribution is 2.32. The summed E-state index contributed by atoms with van der Waals surface area (Å²) in [5.41, 5.74) is -0.565. The quantitative estimate of drug-likeness (QED) is 0.874. The van der Waals surface area contributed by atoms with Gasteiger partial charge in [0.15, 0.2) is 0 Å². The first kappa shape index (κ1) is 13.5. The van der Waals surface area contributed by atoms with Crippen LogP contribution < -0.4 is 5.32 Å². The summed E-state index contributed by atoms with van der Waals surface area (Å²) in [6.45, 7) is 5.66. The first-order valence-corrected chi connectivity index (χ1v) is 7.07. The third-order valence-electron chi connectivity index (χ3n) is 3.73. The van der Waals surface area contributed by atoms with Crippen molar-refractivity contribution in [1.82, 2.24) is 15.1 Å². The molecule has 1 aromatic rings. The monoisotopic (exact) mass is 253 g/mol. The molecular weight excluding hydrogens is 229 g/mol. The second-order valence-electron chi connectivity index (χ2n) is 5.54. The lowest BCUT2D eigenvalue weighted by Gasteiger charge is -2.29. The molecule has 0 aliphatic carbocycles. The maximum atomic E-state index is 14.8. The van der Waals surface area contributed by atoms with E-state index in [1.165, 1.54) is 12.8 Å². The second kappa shape index (κ2) is 5.83. The molecule has 1 aliphatic heterocycles. The molecule has 2 heterocycles. The van der Waals surface area contributed by atoms with Crippen LogP contribution in [0.3, 0.4) is 0 Å². The smallest absolute Gasteiger partial charge is 0.137 e. The molecule has 0 radical (unpaired) electrons. The fraction of sp³-hybridized carbons (Fsp3) is 0.786. The van der Waals surface area contributed by atoms with E-state index in [9.17, 15) is 4.39 Å². The van der Waals surface area contributed by atoms with E-state index < -0.39 is 5.67 Å². The Bertz CT molecular complexity index is 367. The Kier molecular flexibility index (Phi) is 4.38. The number of piperidine rings is 1. The number of aryl methyl sites for hydroxylation is 1. The van der Waals surface area contributed by atoms with Crippen molar-refractivity contribution in [1.29, 1.82) is 0 Å². The van der Waals surface area contributed by atoms with E-state index >= 15 is 0 Å². The maximum absolute atomic E-state index is 14.8. The Balaban J connectivity index is 1.99. The summed E-state index contributed by atoms with van der Waals surface area (Å²) in [6, 6.07) is 0.309. The fourth-order valence-corrected chi connectivity index (χ4v) is 2.66. The normalized spacial score (nSPS) is 23.8. The van der Waals surface area contributed by atoms with Crippen molar-refractivity contribution in [2.24, 2.45) is 0 Å². The van der Waals surface area contributed by atoms with Gasteiger partial charge in [0, 0.05) is 30.8 Å². The Hall–Kier alpha value is -0.900. The molecular formula is C14H24FN3. The van der Waals surface area contributed by atoms with Crippen molar-refractivity contribution in [2.45, 2.75) is 64.2 Å². The minimum Gasteiger partial charge on any atom is -0.314 e. The number of hydrogen-bond acceptors (Lipinski definition) is 2. The van der Waals surface area contributed by atoms with Crippen LogP contribution in [0.2, 0.25) is 0 Å². The summed E-state index contributed by atoms with van der Waals surface area (Å²) in [4.78, 5) is 0. The Morgan fingerprint density at radius 3 is 3.06 bits per heavy atom. The van der Waals surface area contributed by atoms with Crippen molar-refractivity contribution in [3.05, 3.63) is 18.0 Å². The van der Waals surface area contributed by atoms with Gasteiger partial charge in [-0.25, -0.2) is 4.39 Å². The van der Waals surface area contributed by atoms with E-state index in [0.717, 1.165) is 25.9 Å². The maximum Gasteiger partial charge on any atom is 0.137 e. The van der Waals surface area contributed by atoms with Crippen LogP contribution in [-0.4, -0.2) is 22.4 Å². The second-order valence-corrected chi connectivity index (χ2v) is 5.54. The number of nitrogens with one attached hydrogen (secondary N) is 1. The minimum atomic E-state index is -1.28. The first-order chi connectivity index (χ1) is 8.62. The number of alkyl halides is 1. The summed E-state index contributed by atoms with van der Waals surface area (Å²) in [5.74, 6) is 0. The van der Waals surface area contributed by atoms with E-state index in [4.69, 9.17) is 0 Å². The van der Waals surface area contributed by atoms with Gasteiger partial charge in [0.25, 0.3) is 0 Å². The van der Waals surface area contributed by atoms with Gasteiger partial charge < -0.3 is 5.32 Å². The molecule has 1 fully saturated rings. The van der Waals surface area contributed by atoms with E-state index in [1.807, 2.05) is 10.9 Å².